The first-order valence-corrected chi connectivity index (χ1v) is 4.93. The molecule has 0 fully saturated rings. The third-order valence-electron chi connectivity index (χ3n) is 1.81. The van der Waals surface area contributed by atoms with Crippen molar-refractivity contribution in [2.45, 2.75) is 12.7 Å². The first-order valence-electron chi connectivity index (χ1n) is 4.18. The third kappa shape index (κ3) is 3.18. The van der Waals surface area contributed by atoms with Gasteiger partial charge in [0.1, 0.15) is 0 Å². The largest absolute Gasteiger partial charge is 0.479 e. The molecule has 0 heterocycles. The third-order valence-corrected chi connectivity index (χ3v) is 2.50. The molecule has 0 saturated heterocycles. The first-order chi connectivity index (χ1) is 7.84. The molecule has 0 saturated carbocycles. The van der Waals surface area contributed by atoms with Crippen molar-refractivity contribution in [1.82, 2.24) is 0 Å². The van der Waals surface area contributed by atoms with Crippen molar-refractivity contribution in [2.24, 2.45) is 0 Å². The number of hydrogen-bond donors (Lipinski definition) is 2. The summed E-state index contributed by atoms with van der Waals surface area (Å²) in [7, 11) is 0. The summed E-state index contributed by atoms with van der Waals surface area (Å²) in [5.74, 6) is -2.14. The fourth-order valence-electron chi connectivity index (χ4n) is 1.09. The molecule has 0 aliphatic rings. The number of alkyl halides is 2. The summed E-state index contributed by atoms with van der Waals surface area (Å²) in [6.45, 7) is -3.16. The lowest BCUT2D eigenvalue weighted by molar-refractivity contribution is -0.146. The van der Waals surface area contributed by atoms with Gasteiger partial charge in [-0.3, -0.25) is 0 Å². The molecule has 1 unspecified atom stereocenters. The molecule has 0 spiro atoms. The van der Waals surface area contributed by atoms with E-state index in [1.54, 1.807) is 0 Å². The van der Waals surface area contributed by atoms with E-state index in [9.17, 15) is 18.7 Å². The first kappa shape index (κ1) is 14.0. The topological polar surface area (TPSA) is 66.8 Å². The van der Waals surface area contributed by atoms with Gasteiger partial charge in [-0.2, -0.15) is 8.78 Å². The zero-order valence-electron chi connectivity index (χ0n) is 8.03. The Balaban J connectivity index is 3.23. The van der Waals surface area contributed by atoms with Crippen LogP contribution >= 0.6 is 23.2 Å². The summed E-state index contributed by atoms with van der Waals surface area (Å²) in [5, 5.41) is 17.2. The van der Waals surface area contributed by atoms with Crippen LogP contribution in [-0.2, 0) is 4.79 Å². The van der Waals surface area contributed by atoms with Gasteiger partial charge in [0.2, 0.25) is 0 Å². The summed E-state index contributed by atoms with van der Waals surface area (Å²) in [6.07, 6.45) is -1.94. The average Bonchev–Trinajstić information content (AvgIpc) is 2.23. The van der Waals surface area contributed by atoms with Crippen molar-refractivity contribution < 1.29 is 28.5 Å². The Kier molecular flexibility index (Phi) is 4.50. The molecule has 17 heavy (non-hydrogen) atoms. The molecule has 1 rings (SSSR count). The zero-order valence-corrected chi connectivity index (χ0v) is 9.54. The Morgan fingerprint density at radius 3 is 2.41 bits per heavy atom. The molecule has 0 radical (unpaired) electrons. The van der Waals surface area contributed by atoms with Gasteiger partial charge in [-0.1, -0.05) is 29.3 Å². The Morgan fingerprint density at radius 1 is 1.35 bits per heavy atom. The number of carboxylic acid groups (broad SMARTS) is 1. The molecule has 2 N–H and O–H groups in total. The Bertz CT molecular complexity index is 439. The standard InChI is InChI=1S/C9H6Cl2F2O4/c10-4-2-1-3(6(14)8(15)16)5(11)7(4)17-9(12)13/h1-2,6,9,14H,(H,15,16). The van der Waals surface area contributed by atoms with Crippen molar-refractivity contribution in [3.05, 3.63) is 27.7 Å². The summed E-state index contributed by atoms with van der Waals surface area (Å²) in [5.41, 5.74) is -0.279. The number of carbonyl (C=O) groups is 1. The Labute approximate surface area is 104 Å². The molecule has 1 aromatic rings. The van der Waals surface area contributed by atoms with Crippen LogP contribution in [0.15, 0.2) is 12.1 Å². The zero-order chi connectivity index (χ0) is 13.2. The van der Waals surface area contributed by atoms with E-state index in [1.165, 1.54) is 0 Å². The Hall–Kier alpha value is -1.11. The molecule has 0 aliphatic heterocycles. The van der Waals surface area contributed by atoms with Crippen LogP contribution in [-0.4, -0.2) is 22.8 Å². The van der Waals surface area contributed by atoms with Gasteiger partial charge in [-0.25, -0.2) is 4.79 Å². The van der Waals surface area contributed by atoms with Crippen molar-refractivity contribution in [3.8, 4) is 5.75 Å². The molecular weight excluding hydrogens is 281 g/mol. The molecule has 8 heteroatoms. The highest BCUT2D eigenvalue weighted by atomic mass is 35.5. The highest BCUT2D eigenvalue weighted by molar-refractivity contribution is 6.37. The van der Waals surface area contributed by atoms with Crippen LogP contribution in [0.1, 0.15) is 11.7 Å². The number of aliphatic hydroxyl groups is 1. The van der Waals surface area contributed by atoms with Crippen LogP contribution in [0.25, 0.3) is 0 Å². The fourth-order valence-corrected chi connectivity index (χ4v) is 1.65. The molecule has 0 aliphatic carbocycles. The lowest BCUT2D eigenvalue weighted by atomic mass is 10.1. The van der Waals surface area contributed by atoms with Crippen LogP contribution in [0.4, 0.5) is 8.78 Å². The van der Waals surface area contributed by atoms with Crippen LogP contribution in [0.2, 0.25) is 10.0 Å². The highest BCUT2D eigenvalue weighted by Crippen LogP contribution is 2.38. The molecule has 0 aromatic heterocycles. The molecule has 1 aromatic carbocycles. The van der Waals surface area contributed by atoms with E-state index < -0.39 is 29.5 Å². The summed E-state index contributed by atoms with van der Waals surface area (Å²) >= 11 is 11.2. The summed E-state index contributed by atoms with van der Waals surface area (Å²) in [4.78, 5) is 10.5. The number of carboxylic acids is 1. The van der Waals surface area contributed by atoms with Gasteiger partial charge in [0.15, 0.2) is 11.9 Å². The van der Waals surface area contributed by atoms with Crippen molar-refractivity contribution >= 4 is 29.2 Å². The number of aliphatic carboxylic acids is 1. The van der Waals surface area contributed by atoms with Gasteiger partial charge in [-0.05, 0) is 6.07 Å². The van der Waals surface area contributed by atoms with Gasteiger partial charge in [0, 0.05) is 5.56 Å². The number of rotatable bonds is 4. The molecule has 4 nitrogen and oxygen atoms in total. The van der Waals surface area contributed by atoms with Crippen LogP contribution in [0.3, 0.4) is 0 Å². The van der Waals surface area contributed by atoms with Gasteiger partial charge >= 0.3 is 12.6 Å². The summed E-state index contributed by atoms with van der Waals surface area (Å²) < 4.78 is 28.2. The van der Waals surface area contributed by atoms with E-state index in [1.807, 2.05) is 0 Å². The Morgan fingerprint density at radius 2 is 1.94 bits per heavy atom. The second-order valence-corrected chi connectivity index (χ2v) is 3.68. The monoisotopic (exact) mass is 286 g/mol. The quantitative estimate of drug-likeness (QED) is 0.893. The maximum Gasteiger partial charge on any atom is 0.387 e. The lowest BCUT2D eigenvalue weighted by Gasteiger charge is -2.13. The molecule has 0 amide bonds. The molecule has 94 valence electrons. The molecule has 0 bridgehead atoms. The number of hydrogen-bond acceptors (Lipinski definition) is 3. The van der Waals surface area contributed by atoms with Crippen molar-refractivity contribution in [2.75, 3.05) is 0 Å². The predicted octanol–water partition coefficient (Wildman–Crippen LogP) is 2.71. The fraction of sp³-hybridized carbons (Fsp3) is 0.222. The minimum absolute atomic E-state index is 0.211. The maximum atomic E-state index is 12.1. The smallest absolute Gasteiger partial charge is 0.387 e. The van der Waals surface area contributed by atoms with E-state index in [2.05, 4.69) is 4.74 Å². The minimum atomic E-state index is -3.16. The normalized spacial score (nSPS) is 12.6. The SMILES string of the molecule is O=C(O)C(O)c1ccc(Cl)c(OC(F)F)c1Cl. The van der Waals surface area contributed by atoms with Gasteiger partial charge in [0.25, 0.3) is 0 Å². The van der Waals surface area contributed by atoms with Crippen LogP contribution in [0.5, 0.6) is 5.75 Å². The van der Waals surface area contributed by atoms with Crippen molar-refractivity contribution in [3.63, 3.8) is 0 Å². The van der Waals surface area contributed by atoms with Gasteiger partial charge < -0.3 is 14.9 Å². The summed E-state index contributed by atoms with van der Waals surface area (Å²) in [6, 6.07) is 2.22. The molecule has 1 atom stereocenters. The second-order valence-electron chi connectivity index (χ2n) is 2.90. The van der Waals surface area contributed by atoms with E-state index in [0.29, 0.717) is 0 Å². The number of ether oxygens (including phenoxy) is 1. The molecular formula is C9H6Cl2F2O4. The lowest BCUT2D eigenvalue weighted by Crippen LogP contribution is -2.12. The van der Waals surface area contributed by atoms with E-state index in [4.69, 9.17) is 28.3 Å². The second kappa shape index (κ2) is 5.48. The van der Waals surface area contributed by atoms with Crippen LogP contribution in [0, 0.1) is 0 Å². The van der Waals surface area contributed by atoms with E-state index in [-0.39, 0.29) is 10.6 Å². The van der Waals surface area contributed by atoms with Crippen molar-refractivity contribution in [1.29, 1.82) is 0 Å². The van der Waals surface area contributed by atoms with Gasteiger partial charge in [-0.15, -0.1) is 0 Å². The predicted molar refractivity (Wildman–Crippen MR) is 55.7 cm³/mol. The van der Waals surface area contributed by atoms with Gasteiger partial charge in [0.05, 0.1) is 10.0 Å². The highest BCUT2D eigenvalue weighted by Gasteiger charge is 2.24. The van der Waals surface area contributed by atoms with E-state index >= 15 is 0 Å². The maximum absolute atomic E-state index is 12.1. The minimum Gasteiger partial charge on any atom is -0.479 e. The number of benzene rings is 1. The number of halogens is 4. The number of aliphatic hydroxyl groups excluding tert-OH is 1. The van der Waals surface area contributed by atoms with Crippen LogP contribution < -0.4 is 4.74 Å². The average molecular weight is 287 g/mol. The van der Waals surface area contributed by atoms with E-state index in [0.717, 1.165) is 12.1 Å².